The molecule has 0 aliphatic carbocycles. The van der Waals surface area contributed by atoms with Crippen LogP contribution >= 0.6 is 0 Å². The Morgan fingerprint density at radius 2 is 2.05 bits per heavy atom. The van der Waals surface area contributed by atoms with Gasteiger partial charge in [0.1, 0.15) is 5.75 Å². The van der Waals surface area contributed by atoms with E-state index < -0.39 is 22.9 Å². The van der Waals surface area contributed by atoms with Crippen LogP contribution in [0.5, 0.6) is 11.6 Å². The number of hydrogen-bond acceptors (Lipinski definition) is 4. The number of aromatic hydroxyl groups is 1. The summed E-state index contributed by atoms with van der Waals surface area (Å²) in [6.45, 7) is 1.66. The maximum absolute atomic E-state index is 13.4. The number of hydrogen-bond donors (Lipinski definition) is 2. The maximum atomic E-state index is 13.4. The van der Waals surface area contributed by atoms with Gasteiger partial charge in [0, 0.05) is 0 Å². The average molecular weight is 266 g/mol. The van der Waals surface area contributed by atoms with Gasteiger partial charge in [0.25, 0.3) is 5.56 Å². The Morgan fingerprint density at radius 1 is 1.37 bits per heavy atom. The molecule has 0 aliphatic rings. The third-order valence-electron chi connectivity index (χ3n) is 2.68. The van der Waals surface area contributed by atoms with Crippen molar-refractivity contribution in [1.29, 1.82) is 0 Å². The molecule has 0 spiro atoms. The highest BCUT2D eigenvalue weighted by molar-refractivity contribution is 5.46. The highest BCUT2D eigenvalue weighted by atomic mass is 19.1. The zero-order valence-electron chi connectivity index (χ0n) is 10.2. The summed E-state index contributed by atoms with van der Waals surface area (Å²) in [6.07, 6.45) is 0. The summed E-state index contributed by atoms with van der Waals surface area (Å²) in [7, 11) is 1.48. The van der Waals surface area contributed by atoms with Crippen molar-refractivity contribution in [3.8, 4) is 17.3 Å². The van der Waals surface area contributed by atoms with Gasteiger partial charge in [-0.15, -0.1) is 0 Å². The molecule has 1 aromatic heterocycles. The van der Waals surface area contributed by atoms with E-state index in [9.17, 15) is 19.1 Å². The molecule has 0 saturated carbocycles. The molecule has 0 amide bonds. The molecule has 2 rings (SSSR count). The monoisotopic (exact) mass is 266 g/mol. The molecule has 100 valence electrons. The normalized spacial score (nSPS) is 10.5. The number of aryl methyl sites for hydroxylation is 1. The minimum Gasteiger partial charge on any atom is -0.497 e. The third kappa shape index (κ3) is 2.10. The topological polar surface area (TPSA) is 84.3 Å². The number of ether oxygens (including phenoxy) is 1. The van der Waals surface area contributed by atoms with Gasteiger partial charge < -0.3 is 9.84 Å². The van der Waals surface area contributed by atoms with Crippen molar-refractivity contribution < 1.29 is 14.2 Å². The second-order valence-corrected chi connectivity index (χ2v) is 3.88. The van der Waals surface area contributed by atoms with Crippen LogP contribution in [0.1, 0.15) is 5.56 Å². The summed E-state index contributed by atoms with van der Waals surface area (Å²) < 4.78 is 19.0. The Balaban J connectivity index is 2.76. The summed E-state index contributed by atoms with van der Waals surface area (Å²) in [4.78, 5) is 24.5. The molecule has 0 atom stereocenters. The van der Waals surface area contributed by atoms with E-state index in [0.29, 0.717) is 15.9 Å². The molecule has 0 saturated heterocycles. The molecular weight excluding hydrogens is 255 g/mol. The number of methoxy groups -OCH3 is 1. The Morgan fingerprint density at radius 3 is 2.63 bits per heavy atom. The SMILES string of the molecule is COc1ccc(-n2c(O)c(F)c(=O)[nH]c2=O)c(C)c1. The first-order valence-electron chi connectivity index (χ1n) is 5.34. The molecule has 6 nitrogen and oxygen atoms in total. The van der Waals surface area contributed by atoms with Crippen molar-refractivity contribution in [2.75, 3.05) is 7.11 Å². The van der Waals surface area contributed by atoms with Crippen molar-refractivity contribution in [2.45, 2.75) is 6.92 Å². The Labute approximate surface area is 106 Å². The standard InChI is InChI=1S/C12H11FN2O4/c1-6-5-7(19-2)3-4-8(6)15-11(17)9(13)10(16)14-12(15)18/h3-5,17H,1-2H3,(H,14,16,18). The molecule has 19 heavy (non-hydrogen) atoms. The lowest BCUT2D eigenvalue weighted by molar-refractivity contribution is 0.385. The number of benzene rings is 1. The fourth-order valence-corrected chi connectivity index (χ4v) is 1.73. The van der Waals surface area contributed by atoms with Crippen molar-refractivity contribution >= 4 is 0 Å². The Bertz CT molecular complexity index is 748. The van der Waals surface area contributed by atoms with Crippen LogP contribution in [0.15, 0.2) is 27.8 Å². The first-order chi connectivity index (χ1) is 8.95. The van der Waals surface area contributed by atoms with Gasteiger partial charge in [0.2, 0.25) is 11.7 Å². The summed E-state index contributed by atoms with van der Waals surface area (Å²) in [5.41, 5.74) is -1.36. The second kappa shape index (κ2) is 4.60. The van der Waals surface area contributed by atoms with Gasteiger partial charge in [-0.2, -0.15) is 4.39 Å². The minimum atomic E-state index is -1.41. The predicted octanol–water partition coefficient (Wildman–Crippen LogP) is 0.688. The summed E-state index contributed by atoms with van der Waals surface area (Å²) >= 11 is 0. The van der Waals surface area contributed by atoms with Gasteiger partial charge in [-0.1, -0.05) is 0 Å². The molecule has 0 unspecified atom stereocenters. The van der Waals surface area contributed by atoms with Crippen molar-refractivity contribution in [3.63, 3.8) is 0 Å². The molecular formula is C12H11FN2O4. The fraction of sp³-hybridized carbons (Fsp3) is 0.167. The lowest BCUT2D eigenvalue weighted by Gasteiger charge is -2.11. The maximum Gasteiger partial charge on any atom is 0.335 e. The molecule has 0 aliphatic heterocycles. The Kier molecular flexibility index (Phi) is 3.12. The highest BCUT2D eigenvalue weighted by Crippen LogP contribution is 2.22. The van der Waals surface area contributed by atoms with Gasteiger partial charge in [0.05, 0.1) is 12.8 Å². The Hall–Kier alpha value is -2.57. The molecule has 2 aromatic rings. The van der Waals surface area contributed by atoms with Crippen molar-refractivity contribution in [1.82, 2.24) is 9.55 Å². The number of nitrogens with zero attached hydrogens (tertiary/aromatic N) is 1. The number of nitrogens with one attached hydrogen (secondary N) is 1. The molecule has 1 aromatic carbocycles. The molecule has 0 bridgehead atoms. The van der Waals surface area contributed by atoms with Crippen molar-refractivity contribution in [3.05, 3.63) is 50.4 Å². The second-order valence-electron chi connectivity index (χ2n) is 3.88. The van der Waals surface area contributed by atoms with E-state index in [2.05, 4.69) is 0 Å². The zero-order valence-corrected chi connectivity index (χ0v) is 10.2. The van der Waals surface area contributed by atoms with E-state index in [-0.39, 0.29) is 5.69 Å². The van der Waals surface area contributed by atoms with Crippen LogP contribution in [0.25, 0.3) is 5.69 Å². The summed E-state index contributed by atoms with van der Waals surface area (Å²) in [5, 5.41) is 9.60. The van der Waals surface area contributed by atoms with Gasteiger partial charge in [-0.3, -0.25) is 9.78 Å². The molecule has 1 heterocycles. The van der Waals surface area contributed by atoms with Gasteiger partial charge in [-0.05, 0) is 30.7 Å². The molecule has 0 fully saturated rings. The van der Waals surface area contributed by atoms with Crippen LogP contribution in [-0.4, -0.2) is 21.8 Å². The lowest BCUT2D eigenvalue weighted by Crippen LogP contribution is -2.31. The first kappa shape index (κ1) is 12.9. The van der Waals surface area contributed by atoms with E-state index in [1.165, 1.54) is 13.2 Å². The smallest absolute Gasteiger partial charge is 0.335 e. The average Bonchev–Trinajstić information content (AvgIpc) is 2.38. The quantitative estimate of drug-likeness (QED) is 0.837. The summed E-state index contributed by atoms with van der Waals surface area (Å²) in [5.74, 6) is -1.88. The summed E-state index contributed by atoms with van der Waals surface area (Å²) in [6, 6.07) is 4.65. The largest absolute Gasteiger partial charge is 0.497 e. The predicted molar refractivity (Wildman–Crippen MR) is 65.6 cm³/mol. The number of aromatic nitrogens is 2. The van der Waals surface area contributed by atoms with Crippen molar-refractivity contribution in [2.24, 2.45) is 0 Å². The molecule has 2 N–H and O–H groups in total. The van der Waals surface area contributed by atoms with Crippen LogP contribution in [0.4, 0.5) is 4.39 Å². The van der Waals surface area contributed by atoms with E-state index in [0.717, 1.165) is 0 Å². The van der Waals surface area contributed by atoms with E-state index in [1.54, 1.807) is 24.0 Å². The number of aromatic amines is 1. The van der Waals surface area contributed by atoms with Crippen LogP contribution in [0.2, 0.25) is 0 Å². The van der Waals surface area contributed by atoms with Gasteiger partial charge in [-0.25, -0.2) is 9.36 Å². The number of halogens is 1. The van der Waals surface area contributed by atoms with Crippen LogP contribution in [0.3, 0.4) is 0 Å². The fourth-order valence-electron chi connectivity index (χ4n) is 1.73. The number of H-pyrrole nitrogens is 1. The third-order valence-corrected chi connectivity index (χ3v) is 2.68. The van der Waals surface area contributed by atoms with E-state index >= 15 is 0 Å². The zero-order chi connectivity index (χ0) is 14.2. The highest BCUT2D eigenvalue weighted by Gasteiger charge is 2.16. The van der Waals surface area contributed by atoms with Crippen LogP contribution in [-0.2, 0) is 0 Å². The molecule has 0 radical (unpaired) electrons. The van der Waals surface area contributed by atoms with E-state index in [1.807, 2.05) is 0 Å². The van der Waals surface area contributed by atoms with Crippen LogP contribution in [0, 0.1) is 12.7 Å². The minimum absolute atomic E-state index is 0.249. The molecule has 7 heteroatoms. The first-order valence-corrected chi connectivity index (χ1v) is 5.34. The van der Waals surface area contributed by atoms with Gasteiger partial charge >= 0.3 is 5.69 Å². The van der Waals surface area contributed by atoms with Gasteiger partial charge in [0.15, 0.2) is 0 Å². The van der Waals surface area contributed by atoms with Crippen LogP contribution < -0.4 is 16.0 Å². The lowest BCUT2D eigenvalue weighted by atomic mass is 10.2. The number of rotatable bonds is 2. The van der Waals surface area contributed by atoms with E-state index in [4.69, 9.17) is 4.74 Å².